The molecule has 0 aliphatic carbocycles. The standard InChI is InChI=1S/C15H19N3O2S/c1-15(11-16,12-7-3-2-4-8-12)18-13-9-5-6-10-14(13)21(17,19)20/h2-10,18H,11,16H2,1H3,(H2,17,19,20). The number of hydrogen-bond donors (Lipinski definition) is 3. The van der Waals surface area contributed by atoms with E-state index in [1.807, 2.05) is 37.3 Å². The van der Waals surface area contributed by atoms with E-state index in [1.165, 1.54) is 6.07 Å². The van der Waals surface area contributed by atoms with Crippen LogP contribution in [0.5, 0.6) is 0 Å². The second-order valence-corrected chi connectivity index (χ2v) is 6.60. The summed E-state index contributed by atoms with van der Waals surface area (Å²) in [5.74, 6) is 0. The number of nitrogens with two attached hydrogens (primary N) is 2. The smallest absolute Gasteiger partial charge is 0.240 e. The molecule has 5 nitrogen and oxygen atoms in total. The van der Waals surface area contributed by atoms with Gasteiger partial charge in [0.1, 0.15) is 4.90 Å². The monoisotopic (exact) mass is 305 g/mol. The van der Waals surface area contributed by atoms with E-state index in [0.29, 0.717) is 12.2 Å². The molecule has 112 valence electrons. The maximum Gasteiger partial charge on any atom is 0.240 e. The molecule has 2 aromatic rings. The molecule has 5 N–H and O–H groups in total. The van der Waals surface area contributed by atoms with Gasteiger partial charge in [0.2, 0.25) is 10.0 Å². The van der Waals surface area contributed by atoms with Crippen molar-refractivity contribution in [2.75, 3.05) is 11.9 Å². The summed E-state index contributed by atoms with van der Waals surface area (Å²) >= 11 is 0. The minimum absolute atomic E-state index is 0.0561. The summed E-state index contributed by atoms with van der Waals surface area (Å²) < 4.78 is 23.3. The SMILES string of the molecule is CC(CN)(Nc1ccccc1S(N)(=O)=O)c1ccccc1. The molecular weight excluding hydrogens is 286 g/mol. The van der Waals surface area contributed by atoms with Gasteiger partial charge >= 0.3 is 0 Å². The summed E-state index contributed by atoms with van der Waals surface area (Å²) in [6.45, 7) is 2.22. The molecule has 1 atom stereocenters. The van der Waals surface area contributed by atoms with Crippen LogP contribution >= 0.6 is 0 Å². The Kier molecular flexibility index (Phi) is 4.32. The fourth-order valence-electron chi connectivity index (χ4n) is 2.16. The van der Waals surface area contributed by atoms with E-state index in [0.717, 1.165) is 5.56 Å². The van der Waals surface area contributed by atoms with Gasteiger partial charge in [-0.2, -0.15) is 0 Å². The summed E-state index contributed by atoms with van der Waals surface area (Å²) in [5.41, 5.74) is 6.72. The normalized spacial score (nSPS) is 14.4. The zero-order valence-electron chi connectivity index (χ0n) is 11.8. The number of primary sulfonamides is 1. The van der Waals surface area contributed by atoms with Gasteiger partial charge in [0.25, 0.3) is 0 Å². The molecule has 1 unspecified atom stereocenters. The second kappa shape index (κ2) is 5.85. The second-order valence-electron chi connectivity index (χ2n) is 5.07. The number of nitrogens with one attached hydrogen (secondary N) is 1. The number of rotatable bonds is 5. The van der Waals surface area contributed by atoms with E-state index in [9.17, 15) is 8.42 Å². The molecule has 2 rings (SSSR count). The third-order valence-electron chi connectivity index (χ3n) is 3.42. The van der Waals surface area contributed by atoms with Gasteiger partial charge in [0.05, 0.1) is 11.2 Å². The van der Waals surface area contributed by atoms with Gasteiger partial charge in [-0.1, -0.05) is 42.5 Å². The Bertz CT molecular complexity index is 717. The minimum Gasteiger partial charge on any atom is -0.373 e. The Hall–Kier alpha value is -1.89. The number of anilines is 1. The van der Waals surface area contributed by atoms with Gasteiger partial charge in [-0.05, 0) is 24.6 Å². The minimum atomic E-state index is -3.80. The number of hydrogen-bond acceptors (Lipinski definition) is 4. The first-order valence-electron chi connectivity index (χ1n) is 6.52. The number of para-hydroxylation sites is 1. The largest absolute Gasteiger partial charge is 0.373 e. The van der Waals surface area contributed by atoms with Gasteiger partial charge in [-0.15, -0.1) is 0 Å². The molecule has 0 saturated carbocycles. The van der Waals surface area contributed by atoms with Crippen LogP contribution in [0.25, 0.3) is 0 Å². The topological polar surface area (TPSA) is 98.2 Å². The van der Waals surface area contributed by atoms with Crippen molar-refractivity contribution in [1.82, 2.24) is 0 Å². The summed E-state index contributed by atoms with van der Waals surface area (Å²) in [4.78, 5) is 0.0561. The summed E-state index contributed by atoms with van der Waals surface area (Å²) in [5, 5.41) is 8.47. The van der Waals surface area contributed by atoms with Crippen molar-refractivity contribution >= 4 is 15.7 Å². The van der Waals surface area contributed by atoms with Crippen LogP contribution in [-0.4, -0.2) is 15.0 Å². The molecule has 0 bridgehead atoms. The van der Waals surface area contributed by atoms with Crippen LogP contribution in [0.15, 0.2) is 59.5 Å². The third-order valence-corrected chi connectivity index (χ3v) is 4.39. The van der Waals surface area contributed by atoms with E-state index in [1.54, 1.807) is 18.2 Å². The lowest BCUT2D eigenvalue weighted by Gasteiger charge is -2.32. The molecule has 6 heteroatoms. The molecule has 0 radical (unpaired) electrons. The fraction of sp³-hybridized carbons (Fsp3) is 0.200. The highest BCUT2D eigenvalue weighted by atomic mass is 32.2. The average molecular weight is 305 g/mol. The molecular formula is C15H19N3O2S. The van der Waals surface area contributed by atoms with E-state index in [4.69, 9.17) is 10.9 Å². The van der Waals surface area contributed by atoms with Gasteiger partial charge in [0, 0.05) is 6.54 Å². The zero-order chi connectivity index (χ0) is 15.5. The first-order valence-corrected chi connectivity index (χ1v) is 8.07. The summed E-state index contributed by atoms with van der Waals surface area (Å²) in [7, 11) is -3.80. The average Bonchev–Trinajstić information content (AvgIpc) is 2.47. The Morgan fingerprint density at radius 2 is 1.62 bits per heavy atom. The maximum absolute atomic E-state index is 11.7. The molecule has 0 aliphatic rings. The van der Waals surface area contributed by atoms with Crippen molar-refractivity contribution in [3.05, 3.63) is 60.2 Å². The zero-order valence-corrected chi connectivity index (χ0v) is 12.6. The van der Waals surface area contributed by atoms with E-state index in [2.05, 4.69) is 5.32 Å². The Morgan fingerprint density at radius 3 is 2.19 bits per heavy atom. The van der Waals surface area contributed by atoms with Crippen LogP contribution in [0, 0.1) is 0 Å². The van der Waals surface area contributed by atoms with Gasteiger partial charge in [-0.3, -0.25) is 0 Å². The highest BCUT2D eigenvalue weighted by Crippen LogP contribution is 2.28. The van der Waals surface area contributed by atoms with E-state index in [-0.39, 0.29) is 4.90 Å². The highest BCUT2D eigenvalue weighted by molar-refractivity contribution is 7.89. The fourth-order valence-corrected chi connectivity index (χ4v) is 2.86. The summed E-state index contributed by atoms with van der Waals surface area (Å²) in [6.07, 6.45) is 0. The van der Waals surface area contributed by atoms with Gasteiger partial charge in [-0.25, -0.2) is 13.6 Å². The van der Waals surface area contributed by atoms with Gasteiger partial charge < -0.3 is 11.1 Å². The quantitative estimate of drug-likeness (QED) is 0.781. The third kappa shape index (κ3) is 3.41. The van der Waals surface area contributed by atoms with Crippen LogP contribution < -0.4 is 16.2 Å². The lowest BCUT2D eigenvalue weighted by molar-refractivity contribution is 0.553. The van der Waals surface area contributed by atoms with Crippen LogP contribution in [0.3, 0.4) is 0 Å². The Balaban J connectivity index is 2.45. The van der Waals surface area contributed by atoms with E-state index >= 15 is 0 Å². The van der Waals surface area contributed by atoms with Gasteiger partial charge in [0.15, 0.2) is 0 Å². The highest BCUT2D eigenvalue weighted by Gasteiger charge is 2.26. The molecule has 0 amide bonds. The van der Waals surface area contributed by atoms with Crippen LogP contribution in [0.4, 0.5) is 5.69 Å². The molecule has 0 fully saturated rings. The molecule has 21 heavy (non-hydrogen) atoms. The van der Waals surface area contributed by atoms with Crippen LogP contribution in [0.2, 0.25) is 0 Å². The van der Waals surface area contributed by atoms with Crippen LogP contribution in [0.1, 0.15) is 12.5 Å². The summed E-state index contributed by atoms with van der Waals surface area (Å²) in [6, 6.07) is 16.2. The molecule has 0 spiro atoms. The molecule has 0 aromatic heterocycles. The predicted octanol–water partition coefficient (Wildman–Crippen LogP) is 1.62. The maximum atomic E-state index is 11.7. The van der Waals surface area contributed by atoms with Crippen molar-refractivity contribution in [3.8, 4) is 0 Å². The molecule has 0 aliphatic heterocycles. The first kappa shape index (κ1) is 15.5. The molecule has 0 saturated heterocycles. The predicted molar refractivity (Wildman–Crippen MR) is 84.3 cm³/mol. The van der Waals surface area contributed by atoms with E-state index < -0.39 is 15.6 Å². The first-order chi connectivity index (χ1) is 9.87. The number of benzene rings is 2. The van der Waals surface area contributed by atoms with Crippen molar-refractivity contribution in [2.45, 2.75) is 17.4 Å². The number of sulfonamides is 1. The Morgan fingerprint density at radius 1 is 1.05 bits per heavy atom. The molecule has 0 heterocycles. The van der Waals surface area contributed by atoms with Crippen molar-refractivity contribution in [1.29, 1.82) is 0 Å². The van der Waals surface area contributed by atoms with Crippen molar-refractivity contribution in [2.24, 2.45) is 10.9 Å². The lowest BCUT2D eigenvalue weighted by atomic mass is 9.92. The van der Waals surface area contributed by atoms with Crippen molar-refractivity contribution in [3.63, 3.8) is 0 Å². The van der Waals surface area contributed by atoms with Crippen LogP contribution in [-0.2, 0) is 15.6 Å². The van der Waals surface area contributed by atoms with Crippen molar-refractivity contribution < 1.29 is 8.42 Å². The lowest BCUT2D eigenvalue weighted by Crippen LogP contribution is -2.40. The Labute approximate surface area is 125 Å². The molecule has 2 aromatic carbocycles.